The first-order chi connectivity index (χ1) is 8.22. The van der Waals surface area contributed by atoms with E-state index in [0.29, 0.717) is 13.0 Å². The van der Waals surface area contributed by atoms with Crippen LogP contribution < -0.4 is 0 Å². The van der Waals surface area contributed by atoms with Gasteiger partial charge in [0.15, 0.2) is 0 Å². The van der Waals surface area contributed by atoms with Gasteiger partial charge in [-0.2, -0.15) is 0 Å². The van der Waals surface area contributed by atoms with E-state index in [0.717, 1.165) is 9.99 Å². The maximum absolute atomic E-state index is 11.5. The number of alkyl halides is 1. The highest BCUT2D eigenvalue weighted by atomic mass is 127. The zero-order chi connectivity index (χ0) is 12.3. The molecule has 0 aromatic heterocycles. The average molecular weight is 346 g/mol. The Morgan fingerprint density at radius 1 is 1.53 bits per heavy atom. The highest BCUT2D eigenvalue weighted by Crippen LogP contribution is 2.40. The lowest BCUT2D eigenvalue weighted by molar-refractivity contribution is -0.145. The summed E-state index contributed by atoms with van der Waals surface area (Å²) in [5, 5.41) is 0. The predicted octanol–water partition coefficient (Wildman–Crippen LogP) is 2.53. The van der Waals surface area contributed by atoms with Gasteiger partial charge in [-0.3, -0.25) is 4.79 Å². The minimum atomic E-state index is -0.333. The van der Waals surface area contributed by atoms with E-state index in [2.05, 4.69) is 34.7 Å². The van der Waals surface area contributed by atoms with Gasteiger partial charge in [0.1, 0.15) is 5.60 Å². The molecule has 0 saturated carbocycles. The molecular formula is C13H15IO3. The number of halogens is 1. The highest BCUT2D eigenvalue weighted by molar-refractivity contribution is 14.1. The maximum Gasteiger partial charge on any atom is 0.311 e. The van der Waals surface area contributed by atoms with Crippen molar-refractivity contribution in [2.24, 2.45) is 5.92 Å². The number of hydrogen-bond donors (Lipinski definition) is 0. The molecule has 0 radical (unpaired) electrons. The Labute approximate surface area is 115 Å². The molecule has 0 spiro atoms. The third-order valence-electron chi connectivity index (χ3n) is 3.19. The van der Waals surface area contributed by atoms with Gasteiger partial charge in [-0.05, 0) is 12.0 Å². The van der Waals surface area contributed by atoms with Crippen molar-refractivity contribution in [2.75, 3.05) is 18.1 Å². The summed E-state index contributed by atoms with van der Waals surface area (Å²) in [6.07, 6.45) is 0.701. The molecule has 0 unspecified atom stereocenters. The van der Waals surface area contributed by atoms with E-state index in [-0.39, 0.29) is 17.5 Å². The molecule has 0 aliphatic carbocycles. The summed E-state index contributed by atoms with van der Waals surface area (Å²) in [5.41, 5.74) is 0.807. The van der Waals surface area contributed by atoms with Crippen LogP contribution in [0.1, 0.15) is 12.0 Å². The minimum absolute atomic E-state index is 0.144. The fourth-order valence-corrected chi connectivity index (χ4v) is 3.18. The molecule has 92 valence electrons. The molecule has 2 rings (SSSR count). The number of carbonyl (C=O) groups is 1. The molecule has 0 amide bonds. The molecule has 0 bridgehead atoms. The predicted molar refractivity (Wildman–Crippen MR) is 73.1 cm³/mol. The quantitative estimate of drug-likeness (QED) is 0.479. The van der Waals surface area contributed by atoms with Crippen molar-refractivity contribution in [3.8, 4) is 0 Å². The zero-order valence-electron chi connectivity index (χ0n) is 9.69. The standard InChI is InChI=1S/C13H15IO3/c1-16-12(15)10-7-13(9-14,17-8-10)11-5-3-2-4-6-11/h2-6,10H,7-9H2,1H3/t10-,13-/m0/s1. The van der Waals surface area contributed by atoms with Crippen LogP contribution in [0.2, 0.25) is 0 Å². The van der Waals surface area contributed by atoms with E-state index < -0.39 is 0 Å². The van der Waals surface area contributed by atoms with Crippen LogP contribution >= 0.6 is 22.6 Å². The normalized spacial score (nSPS) is 28.0. The van der Waals surface area contributed by atoms with Crippen molar-refractivity contribution in [3.63, 3.8) is 0 Å². The van der Waals surface area contributed by atoms with Gasteiger partial charge in [-0.25, -0.2) is 0 Å². The lowest BCUT2D eigenvalue weighted by Crippen LogP contribution is -2.27. The number of benzene rings is 1. The van der Waals surface area contributed by atoms with Crippen LogP contribution in [0.15, 0.2) is 30.3 Å². The van der Waals surface area contributed by atoms with E-state index in [1.807, 2.05) is 18.2 Å². The van der Waals surface area contributed by atoms with Crippen molar-refractivity contribution >= 4 is 28.6 Å². The first-order valence-corrected chi connectivity index (χ1v) is 7.08. The summed E-state index contributed by atoms with van der Waals surface area (Å²) >= 11 is 2.31. The van der Waals surface area contributed by atoms with Crippen LogP contribution in [0, 0.1) is 5.92 Å². The molecule has 1 heterocycles. The second kappa shape index (κ2) is 5.35. The molecule has 2 atom stereocenters. The van der Waals surface area contributed by atoms with Crippen molar-refractivity contribution in [1.29, 1.82) is 0 Å². The van der Waals surface area contributed by atoms with E-state index in [1.165, 1.54) is 7.11 Å². The van der Waals surface area contributed by atoms with Crippen LogP contribution in [-0.4, -0.2) is 24.1 Å². The first-order valence-electron chi connectivity index (χ1n) is 5.55. The fourth-order valence-electron chi connectivity index (χ4n) is 2.21. The molecule has 17 heavy (non-hydrogen) atoms. The summed E-state index contributed by atoms with van der Waals surface area (Å²) in [4.78, 5) is 11.5. The van der Waals surface area contributed by atoms with Crippen LogP contribution in [0.25, 0.3) is 0 Å². The molecule has 1 aliphatic rings. The van der Waals surface area contributed by atoms with Crippen molar-refractivity contribution < 1.29 is 14.3 Å². The fraction of sp³-hybridized carbons (Fsp3) is 0.462. The van der Waals surface area contributed by atoms with E-state index in [9.17, 15) is 4.79 Å². The summed E-state index contributed by atoms with van der Waals surface area (Å²) < 4.78 is 11.5. The SMILES string of the molecule is COC(=O)[C@@H]1CO[C@@](CI)(c2ccccc2)C1. The Balaban J connectivity index is 2.21. The van der Waals surface area contributed by atoms with Gasteiger partial charge in [-0.1, -0.05) is 52.9 Å². The van der Waals surface area contributed by atoms with E-state index >= 15 is 0 Å². The van der Waals surface area contributed by atoms with Gasteiger partial charge in [0, 0.05) is 4.43 Å². The summed E-state index contributed by atoms with van der Waals surface area (Å²) in [5.74, 6) is -0.317. The largest absolute Gasteiger partial charge is 0.469 e. The lowest BCUT2D eigenvalue weighted by Gasteiger charge is -2.26. The number of ether oxygens (including phenoxy) is 2. The van der Waals surface area contributed by atoms with E-state index in [1.54, 1.807) is 0 Å². The first kappa shape index (κ1) is 12.8. The molecule has 1 saturated heterocycles. The molecule has 0 N–H and O–H groups in total. The van der Waals surface area contributed by atoms with Gasteiger partial charge >= 0.3 is 5.97 Å². The maximum atomic E-state index is 11.5. The molecule has 1 aliphatic heterocycles. The molecule has 3 nitrogen and oxygen atoms in total. The Morgan fingerprint density at radius 3 is 2.82 bits per heavy atom. The van der Waals surface area contributed by atoms with Crippen LogP contribution in [-0.2, 0) is 19.9 Å². The van der Waals surface area contributed by atoms with Crippen LogP contribution in [0.4, 0.5) is 0 Å². The number of rotatable bonds is 3. The smallest absolute Gasteiger partial charge is 0.311 e. The average Bonchev–Trinajstić information content (AvgIpc) is 2.84. The molecule has 1 aromatic rings. The van der Waals surface area contributed by atoms with Crippen LogP contribution in [0.5, 0.6) is 0 Å². The third kappa shape index (κ3) is 2.47. The Kier molecular flexibility index (Phi) is 4.04. The number of carbonyl (C=O) groups excluding carboxylic acids is 1. The summed E-state index contributed by atoms with van der Waals surface area (Å²) in [6, 6.07) is 10.1. The molecular weight excluding hydrogens is 331 g/mol. The van der Waals surface area contributed by atoms with Crippen LogP contribution in [0.3, 0.4) is 0 Å². The van der Waals surface area contributed by atoms with Gasteiger partial charge in [-0.15, -0.1) is 0 Å². The Hall–Kier alpha value is -0.620. The Bertz CT molecular complexity index is 393. The number of methoxy groups -OCH3 is 1. The molecule has 4 heteroatoms. The topological polar surface area (TPSA) is 35.5 Å². The lowest BCUT2D eigenvalue weighted by atomic mass is 9.89. The van der Waals surface area contributed by atoms with Crippen molar-refractivity contribution in [3.05, 3.63) is 35.9 Å². The Morgan fingerprint density at radius 2 is 2.24 bits per heavy atom. The van der Waals surface area contributed by atoms with Gasteiger partial charge in [0.2, 0.25) is 0 Å². The highest BCUT2D eigenvalue weighted by Gasteiger charge is 2.44. The summed E-state index contributed by atoms with van der Waals surface area (Å²) in [6.45, 7) is 0.449. The second-order valence-corrected chi connectivity index (χ2v) is 4.99. The summed E-state index contributed by atoms with van der Waals surface area (Å²) in [7, 11) is 1.43. The minimum Gasteiger partial charge on any atom is -0.469 e. The molecule has 1 fully saturated rings. The monoisotopic (exact) mass is 346 g/mol. The van der Waals surface area contributed by atoms with Gasteiger partial charge in [0.05, 0.1) is 19.6 Å². The van der Waals surface area contributed by atoms with Crippen molar-refractivity contribution in [2.45, 2.75) is 12.0 Å². The number of hydrogen-bond acceptors (Lipinski definition) is 3. The molecule has 1 aromatic carbocycles. The van der Waals surface area contributed by atoms with E-state index in [4.69, 9.17) is 9.47 Å². The van der Waals surface area contributed by atoms with Gasteiger partial charge in [0.25, 0.3) is 0 Å². The van der Waals surface area contributed by atoms with Crippen molar-refractivity contribution in [1.82, 2.24) is 0 Å². The zero-order valence-corrected chi connectivity index (χ0v) is 11.8. The number of esters is 1. The second-order valence-electron chi connectivity index (χ2n) is 4.23. The van der Waals surface area contributed by atoms with Gasteiger partial charge < -0.3 is 9.47 Å². The third-order valence-corrected chi connectivity index (χ3v) is 4.42.